The van der Waals surface area contributed by atoms with Crippen molar-refractivity contribution < 1.29 is 9.53 Å². The van der Waals surface area contributed by atoms with Crippen molar-refractivity contribution in [2.24, 2.45) is 0 Å². The standard InChI is InChI=1S/C12H18N2O2S/c1-2-3-4-5-6-11(17)16-12(15)10-9-13-7-8-14-10/h7-9,11,17H,2-6H2,1H3. The summed E-state index contributed by atoms with van der Waals surface area (Å²) in [6, 6.07) is 0. The van der Waals surface area contributed by atoms with E-state index in [1.165, 1.54) is 31.4 Å². The Morgan fingerprint density at radius 3 is 2.88 bits per heavy atom. The van der Waals surface area contributed by atoms with Crippen LogP contribution in [-0.4, -0.2) is 21.4 Å². The van der Waals surface area contributed by atoms with Gasteiger partial charge >= 0.3 is 5.97 Å². The summed E-state index contributed by atoms with van der Waals surface area (Å²) in [4.78, 5) is 19.3. The fourth-order valence-electron chi connectivity index (χ4n) is 1.39. The summed E-state index contributed by atoms with van der Waals surface area (Å²) in [5.41, 5.74) is -0.138. The number of aromatic nitrogens is 2. The van der Waals surface area contributed by atoms with Crippen LogP contribution in [0.15, 0.2) is 18.6 Å². The van der Waals surface area contributed by atoms with Crippen LogP contribution in [0.2, 0.25) is 0 Å². The molecule has 4 nitrogen and oxygen atoms in total. The van der Waals surface area contributed by atoms with E-state index in [-0.39, 0.29) is 11.1 Å². The van der Waals surface area contributed by atoms with Gasteiger partial charge < -0.3 is 4.74 Å². The van der Waals surface area contributed by atoms with Crippen LogP contribution in [0.3, 0.4) is 0 Å². The van der Waals surface area contributed by atoms with Gasteiger partial charge in [0.05, 0.1) is 6.20 Å². The van der Waals surface area contributed by atoms with E-state index in [0.29, 0.717) is 0 Å². The number of rotatable bonds is 7. The molecule has 0 aliphatic heterocycles. The first-order chi connectivity index (χ1) is 8.24. The number of thiol groups is 1. The number of unbranched alkanes of at least 4 members (excludes halogenated alkanes) is 3. The molecule has 17 heavy (non-hydrogen) atoms. The normalized spacial score (nSPS) is 12.1. The fraction of sp³-hybridized carbons (Fsp3) is 0.583. The quantitative estimate of drug-likeness (QED) is 0.352. The van der Waals surface area contributed by atoms with E-state index in [0.717, 1.165) is 19.3 Å². The van der Waals surface area contributed by atoms with E-state index in [1.807, 2.05) is 0 Å². The Labute approximate surface area is 107 Å². The predicted octanol–water partition coefficient (Wildman–Crippen LogP) is 2.86. The third kappa shape index (κ3) is 5.68. The molecule has 0 saturated carbocycles. The highest BCUT2D eigenvalue weighted by molar-refractivity contribution is 7.80. The molecule has 0 aliphatic rings. The molecule has 1 unspecified atom stereocenters. The summed E-state index contributed by atoms with van der Waals surface area (Å²) in [6.45, 7) is 2.16. The smallest absolute Gasteiger partial charge is 0.359 e. The summed E-state index contributed by atoms with van der Waals surface area (Å²) in [5.74, 6) is -0.464. The Morgan fingerprint density at radius 2 is 2.24 bits per heavy atom. The van der Waals surface area contributed by atoms with E-state index in [9.17, 15) is 4.79 Å². The van der Waals surface area contributed by atoms with E-state index in [4.69, 9.17) is 4.74 Å². The summed E-state index contributed by atoms with van der Waals surface area (Å²) in [6.07, 6.45) is 9.71. The Hall–Kier alpha value is -1.10. The van der Waals surface area contributed by atoms with Crippen molar-refractivity contribution in [2.45, 2.75) is 44.5 Å². The molecule has 1 heterocycles. The summed E-state index contributed by atoms with van der Waals surface area (Å²) < 4.78 is 5.14. The lowest BCUT2D eigenvalue weighted by Crippen LogP contribution is -2.14. The molecular weight excluding hydrogens is 236 g/mol. The third-order valence-corrected chi connectivity index (χ3v) is 2.68. The Balaban J connectivity index is 2.26. The van der Waals surface area contributed by atoms with Crippen molar-refractivity contribution >= 4 is 18.6 Å². The summed E-state index contributed by atoms with van der Waals surface area (Å²) in [7, 11) is 0. The average Bonchev–Trinajstić information content (AvgIpc) is 2.36. The first kappa shape index (κ1) is 14.0. The predicted molar refractivity (Wildman–Crippen MR) is 69.0 cm³/mol. The van der Waals surface area contributed by atoms with Crippen molar-refractivity contribution in [1.82, 2.24) is 9.97 Å². The van der Waals surface area contributed by atoms with Crippen molar-refractivity contribution in [3.05, 3.63) is 24.3 Å². The van der Waals surface area contributed by atoms with Crippen LogP contribution in [-0.2, 0) is 4.74 Å². The molecule has 0 N–H and O–H groups in total. The molecule has 0 saturated heterocycles. The lowest BCUT2D eigenvalue weighted by Gasteiger charge is -2.11. The molecule has 94 valence electrons. The summed E-state index contributed by atoms with van der Waals surface area (Å²) in [5, 5.41) is 0. The second-order valence-electron chi connectivity index (χ2n) is 3.80. The zero-order valence-electron chi connectivity index (χ0n) is 10.0. The topological polar surface area (TPSA) is 52.1 Å². The second-order valence-corrected chi connectivity index (χ2v) is 4.38. The molecule has 0 radical (unpaired) electrons. The lowest BCUT2D eigenvalue weighted by molar-refractivity contribution is 0.0440. The van der Waals surface area contributed by atoms with Crippen molar-refractivity contribution in [2.75, 3.05) is 0 Å². The maximum Gasteiger partial charge on any atom is 0.359 e. The highest BCUT2D eigenvalue weighted by atomic mass is 32.1. The number of hydrogen-bond donors (Lipinski definition) is 1. The van der Waals surface area contributed by atoms with Gasteiger partial charge in [-0.25, -0.2) is 9.78 Å². The van der Waals surface area contributed by atoms with Crippen molar-refractivity contribution in [3.8, 4) is 0 Å². The highest BCUT2D eigenvalue weighted by Crippen LogP contribution is 2.12. The fourth-order valence-corrected chi connectivity index (χ4v) is 1.67. The van der Waals surface area contributed by atoms with Crippen LogP contribution in [0.1, 0.15) is 49.5 Å². The Kier molecular flexibility index (Phi) is 6.62. The van der Waals surface area contributed by atoms with Gasteiger partial charge in [0.15, 0.2) is 5.69 Å². The minimum atomic E-state index is -0.464. The molecule has 0 aromatic carbocycles. The van der Waals surface area contributed by atoms with Gasteiger partial charge in [-0.15, -0.1) is 12.6 Å². The van der Waals surface area contributed by atoms with Crippen LogP contribution in [0, 0.1) is 0 Å². The third-order valence-electron chi connectivity index (χ3n) is 2.32. The molecule has 0 aliphatic carbocycles. The average molecular weight is 254 g/mol. The van der Waals surface area contributed by atoms with Crippen LogP contribution in [0.4, 0.5) is 0 Å². The number of carbonyl (C=O) groups is 1. The van der Waals surface area contributed by atoms with Crippen molar-refractivity contribution in [3.63, 3.8) is 0 Å². The molecule has 0 bridgehead atoms. The minimum Gasteiger partial charge on any atom is -0.447 e. The monoisotopic (exact) mass is 254 g/mol. The molecule has 1 aromatic heterocycles. The lowest BCUT2D eigenvalue weighted by atomic mass is 10.2. The number of nitrogens with zero attached hydrogens (tertiary/aromatic N) is 2. The van der Waals surface area contributed by atoms with Crippen LogP contribution < -0.4 is 0 Å². The van der Waals surface area contributed by atoms with Gasteiger partial charge in [-0.05, 0) is 12.8 Å². The zero-order valence-corrected chi connectivity index (χ0v) is 10.9. The maximum atomic E-state index is 11.6. The Morgan fingerprint density at radius 1 is 1.41 bits per heavy atom. The molecular formula is C12H18N2O2S. The van der Waals surface area contributed by atoms with Crippen LogP contribution in [0.25, 0.3) is 0 Å². The zero-order chi connectivity index (χ0) is 12.5. The number of ether oxygens (including phenoxy) is 1. The van der Waals surface area contributed by atoms with E-state index >= 15 is 0 Å². The van der Waals surface area contributed by atoms with Gasteiger partial charge in [0.1, 0.15) is 5.44 Å². The Bertz CT molecular complexity index is 333. The van der Waals surface area contributed by atoms with Crippen molar-refractivity contribution in [1.29, 1.82) is 0 Å². The molecule has 1 rings (SSSR count). The minimum absolute atomic E-state index is 0.222. The molecule has 1 aromatic rings. The highest BCUT2D eigenvalue weighted by Gasteiger charge is 2.13. The van der Waals surface area contributed by atoms with E-state index in [2.05, 4.69) is 29.5 Å². The molecule has 5 heteroatoms. The summed E-state index contributed by atoms with van der Waals surface area (Å²) >= 11 is 4.23. The van der Waals surface area contributed by atoms with Crippen LogP contribution >= 0.6 is 12.6 Å². The van der Waals surface area contributed by atoms with Gasteiger partial charge in [-0.1, -0.05) is 26.2 Å². The molecule has 1 atom stereocenters. The molecule has 0 amide bonds. The largest absolute Gasteiger partial charge is 0.447 e. The van der Waals surface area contributed by atoms with Crippen LogP contribution in [0.5, 0.6) is 0 Å². The first-order valence-corrected chi connectivity index (χ1v) is 6.40. The maximum absolute atomic E-state index is 11.6. The molecule has 0 fully saturated rings. The molecule has 0 spiro atoms. The van der Waals surface area contributed by atoms with Gasteiger partial charge in [0.2, 0.25) is 0 Å². The first-order valence-electron chi connectivity index (χ1n) is 5.89. The van der Waals surface area contributed by atoms with E-state index < -0.39 is 5.97 Å². The van der Waals surface area contributed by atoms with Gasteiger partial charge in [-0.3, -0.25) is 4.98 Å². The number of esters is 1. The van der Waals surface area contributed by atoms with Gasteiger partial charge in [0, 0.05) is 12.4 Å². The van der Waals surface area contributed by atoms with E-state index in [1.54, 1.807) is 0 Å². The second kappa shape index (κ2) is 8.06. The van der Waals surface area contributed by atoms with Gasteiger partial charge in [0.25, 0.3) is 0 Å². The SMILES string of the molecule is CCCCCCC(S)OC(=O)c1cnccn1. The van der Waals surface area contributed by atoms with Gasteiger partial charge in [-0.2, -0.15) is 0 Å². The number of carbonyl (C=O) groups excluding carboxylic acids is 1. The number of hydrogen-bond acceptors (Lipinski definition) is 5.